The van der Waals surface area contributed by atoms with Crippen LogP contribution in [-0.2, 0) is 21.0 Å². The number of carbonyl (C=O) groups excluding carboxylic acids is 1. The molecule has 6 heteroatoms. The maximum absolute atomic E-state index is 12.0. The van der Waals surface area contributed by atoms with Crippen molar-refractivity contribution >= 4 is 11.6 Å². The molecule has 144 valence electrons. The third-order valence-electron chi connectivity index (χ3n) is 4.06. The molecule has 0 spiro atoms. The predicted molar refractivity (Wildman–Crippen MR) is 105 cm³/mol. The Morgan fingerprint density at radius 2 is 1.85 bits per heavy atom. The van der Waals surface area contributed by atoms with Gasteiger partial charge in [-0.3, -0.25) is 4.79 Å². The van der Waals surface area contributed by atoms with E-state index in [1.54, 1.807) is 7.05 Å². The molecule has 6 nitrogen and oxygen atoms in total. The summed E-state index contributed by atoms with van der Waals surface area (Å²) in [5, 5.41) is 6.80. The van der Waals surface area contributed by atoms with Crippen molar-refractivity contribution in [2.45, 2.75) is 26.6 Å². The lowest BCUT2D eigenvalue weighted by atomic mass is 10.0. The molecule has 0 bridgehead atoms. The monoisotopic (exact) mass is 370 g/mol. The molecular formula is C21H26N2O4. The number of nitrogens with zero attached hydrogens (tertiary/aromatic N) is 1. The van der Waals surface area contributed by atoms with Crippen molar-refractivity contribution in [1.82, 2.24) is 5.32 Å². The van der Waals surface area contributed by atoms with Gasteiger partial charge in [0.2, 0.25) is 0 Å². The highest BCUT2D eigenvalue weighted by Gasteiger charge is 2.21. The molecule has 1 amide bonds. The first-order chi connectivity index (χ1) is 13.1. The molecule has 0 aliphatic rings. The van der Waals surface area contributed by atoms with Crippen molar-refractivity contribution < 1.29 is 19.1 Å². The Kier molecular flexibility index (Phi) is 7.82. The highest BCUT2D eigenvalue weighted by Crippen LogP contribution is 2.22. The maximum atomic E-state index is 12.0. The third kappa shape index (κ3) is 5.56. The minimum absolute atomic E-state index is 0.209. The average molecular weight is 370 g/mol. The van der Waals surface area contributed by atoms with Gasteiger partial charge < -0.3 is 19.6 Å². The first-order valence-corrected chi connectivity index (χ1v) is 8.82. The van der Waals surface area contributed by atoms with Crippen molar-refractivity contribution in [2.24, 2.45) is 5.16 Å². The highest BCUT2D eigenvalue weighted by atomic mass is 16.6. The standard InChI is InChI=1S/C21H26N2O4/c1-5-26-18-12-10-16(11-13-18)15(2)23-27-14-17-8-6-7-9-19(17)20(25-4)21(24)22-3/h6-13,20H,5,14H2,1-4H3,(H,22,24)/b23-15+. The average Bonchev–Trinajstić information content (AvgIpc) is 2.70. The Hall–Kier alpha value is -2.86. The van der Waals surface area contributed by atoms with E-state index in [1.807, 2.05) is 62.4 Å². The summed E-state index contributed by atoms with van der Waals surface area (Å²) in [7, 11) is 3.09. The fourth-order valence-corrected chi connectivity index (χ4v) is 2.64. The van der Waals surface area contributed by atoms with Crippen LogP contribution in [0.4, 0.5) is 0 Å². The van der Waals surface area contributed by atoms with E-state index < -0.39 is 6.10 Å². The van der Waals surface area contributed by atoms with Gasteiger partial charge in [0.25, 0.3) is 5.91 Å². The third-order valence-corrected chi connectivity index (χ3v) is 4.06. The molecule has 2 rings (SSSR count). The Labute approximate surface area is 160 Å². The summed E-state index contributed by atoms with van der Waals surface area (Å²) >= 11 is 0. The van der Waals surface area contributed by atoms with Crippen LogP contribution in [0, 0.1) is 0 Å². The highest BCUT2D eigenvalue weighted by molar-refractivity contribution is 5.98. The quantitative estimate of drug-likeness (QED) is 0.542. The molecule has 0 aromatic heterocycles. The molecule has 27 heavy (non-hydrogen) atoms. The van der Waals surface area contributed by atoms with E-state index in [0.717, 1.165) is 28.2 Å². The number of hydrogen-bond acceptors (Lipinski definition) is 5. The zero-order valence-electron chi connectivity index (χ0n) is 16.2. The van der Waals surface area contributed by atoms with Gasteiger partial charge in [0.1, 0.15) is 12.4 Å². The second-order valence-electron chi connectivity index (χ2n) is 5.84. The number of oxime groups is 1. The van der Waals surface area contributed by atoms with Crippen molar-refractivity contribution in [3.63, 3.8) is 0 Å². The van der Waals surface area contributed by atoms with E-state index in [4.69, 9.17) is 14.3 Å². The van der Waals surface area contributed by atoms with Gasteiger partial charge in [0.05, 0.1) is 12.3 Å². The van der Waals surface area contributed by atoms with Crippen LogP contribution < -0.4 is 10.1 Å². The molecule has 1 N–H and O–H groups in total. The molecule has 2 aromatic carbocycles. The second kappa shape index (κ2) is 10.3. The maximum Gasteiger partial charge on any atom is 0.253 e. The van der Waals surface area contributed by atoms with Crippen molar-refractivity contribution in [3.05, 3.63) is 65.2 Å². The Bertz CT molecular complexity index is 772. The number of benzene rings is 2. The van der Waals surface area contributed by atoms with Crippen molar-refractivity contribution in [2.75, 3.05) is 20.8 Å². The zero-order valence-corrected chi connectivity index (χ0v) is 16.2. The minimum Gasteiger partial charge on any atom is -0.494 e. The van der Waals surface area contributed by atoms with E-state index >= 15 is 0 Å². The van der Waals surface area contributed by atoms with Gasteiger partial charge >= 0.3 is 0 Å². The number of methoxy groups -OCH3 is 1. The van der Waals surface area contributed by atoms with E-state index in [0.29, 0.717) is 6.61 Å². The van der Waals surface area contributed by atoms with Gasteiger partial charge in [-0.1, -0.05) is 29.4 Å². The van der Waals surface area contributed by atoms with Gasteiger partial charge in [-0.15, -0.1) is 0 Å². The summed E-state index contributed by atoms with van der Waals surface area (Å²) in [4.78, 5) is 17.6. The van der Waals surface area contributed by atoms with E-state index in [-0.39, 0.29) is 12.5 Å². The number of carbonyl (C=O) groups is 1. The molecule has 2 aromatic rings. The lowest BCUT2D eigenvalue weighted by Gasteiger charge is -2.17. The zero-order chi connectivity index (χ0) is 19.6. The molecule has 0 heterocycles. The van der Waals surface area contributed by atoms with Crippen LogP contribution in [0.3, 0.4) is 0 Å². The number of ether oxygens (including phenoxy) is 2. The van der Waals surface area contributed by atoms with Crippen molar-refractivity contribution in [1.29, 1.82) is 0 Å². The van der Waals surface area contributed by atoms with Crippen molar-refractivity contribution in [3.8, 4) is 5.75 Å². The fourth-order valence-electron chi connectivity index (χ4n) is 2.64. The van der Waals surface area contributed by atoms with Crippen LogP contribution in [0.5, 0.6) is 5.75 Å². The van der Waals surface area contributed by atoms with E-state index in [9.17, 15) is 4.79 Å². The summed E-state index contributed by atoms with van der Waals surface area (Å²) in [6.45, 7) is 4.70. The second-order valence-corrected chi connectivity index (χ2v) is 5.84. The fraction of sp³-hybridized carbons (Fsp3) is 0.333. The Morgan fingerprint density at radius 1 is 1.15 bits per heavy atom. The number of rotatable bonds is 9. The lowest BCUT2D eigenvalue weighted by Crippen LogP contribution is -2.27. The largest absolute Gasteiger partial charge is 0.494 e. The van der Waals surface area contributed by atoms with Crippen LogP contribution in [-0.4, -0.2) is 32.4 Å². The first-order valence-electron chi connectivity index (χ1n) is 8.82. The molecule has 0 radical (unpaired) electrons. The van der Waals surface area contributed by atoms with Crippen LogP contribution in [0.2, 0.25) is 0 Å². The Balaban J connectivity index is 2.08. The molecule has 1 atom stereocenters. The summed E-state index contributed by atoms with van der Waals surface area (Å²) in [6.07, 6.45) is -0.689. The van der Waals surface area contributed by atoms with Crippen LogP contribution in [0.15, 0.2) is 53.7 Å². The smallest absolute Gasteiger partial charge is 0.253 e. The van der Waals surface area contributed by atoms with Crippen LogP contribution in [0.1, 0.15) is 36.6 Å². The van der Waals surface area contributed by atoms with E-state index in [2.05, 4.69) is 10.5 Å². The Morgan fingerprint density at radius 3 is 2.48 bits per heavy atom. The normalized spacial score (nSPS) is 12.4. The molecule has 0 saturated carbocycles. The molecule has 0 saturated heterocycles. The molecule has 1 unspecified atom stereocenters. The summed E-state index contributed by atoms with van der Waals surface area (Å²) in [5.41, 5.74) is 3.31. The van der Waals surface area contributed by atoms with Gasteiger partial charge in [-0.25, -0.2) is 0 Å². The van der Waals surface area contributed by atoms with Crippen LogP contribution in [0.25, 0.3) is 0 Å². The molecule has 0 aliphatic heterocycles. The predicted octanol–water partition coefficient (Wildman–Crippen LogP) is 3.46. The van der Waals surface area contributed by atoms with Gasteiger partial charge in [-0.2, -0.15) is 0 Å². The molecular weight excluding hydrogens is 344 g/mol. The van der Waals surface area contributed by atoms with Gasteiger partial charge in [0.15, 0.2) is 6.10 Å². The van der Waals surface area contributed by atoms with Gasteiger partial charge in [0, 0.05) is 14.2 Å². The number of hydrogen-bond donors (Lipinski definition) is 1. The first kappa shape index (κ1) is 20.5. The topological polar surface area (TPSA) is 69.1 Å². The minimum atomic E-state index is -0.689. The summed E-state index contributed by atoms with van der Waals surface area (Å²) in [5.74, 6) is 0.614. The SMILES string of the molecule is CCOc1ccc(/C(C)=N/OCc2ccccc2C(OC)C(=O)NC)cc1. The van der Waals surface area contributed by atoms with E-state index in [1.165, 1.54) is 7.11 Å². The molecule has 0 aliphatic carbocycles. The van der Waals surface area contributed by atoms with Crippen LogP contribution >= 0.6 is 0 Å². The van der Waals surface area contributed by atoms with Gasteiger partial charge in [-0.05, 0) is 54.8 Å². The number of amides is 1. The molecule has 0 fully saturated rings. The number of nitrogens with one attached hydrogen (secondary N) is 1. The summed E-state index contributed by atoms with van der Waals surface area (Å²) in [6, 6.07) is 15.2. The lowest BCUT2D eigenvalue weighted by molar-refractivity contribution is -0.130. The summed E-state index contributed by atoms with van der Waals surface area (Å²) < 4.78 is 10.8. The number of likely N-dealkylation sites (N-methyl/N-ethyl adjacent to an activating group) is 1.